The summed E-state index contributed by atoms with van der Waals surface area (Å²) in [5.74, 6) is 0.0589. The average Bonchev–Trinajstić information content (AvgIpc) is 2.88. The Kier molecular flexibility index (Phi) is 7.29. The summed E-state index contributed by atoms with van der Waals surface area (Å²) in [5.41, 5.74) is 5.95. The van der Waals surface area contributed by atoms with Gasteiger partial charge in [0.25, 0.3) is 0 Å². The van der Waals surface area contributed by atoms with Gasteiger partial charge in [-0.1, -0.05) is 24.3 Å². The zero-order valence-corrected chi connectivity index (χ0v) is 21.2. The summed E-state index contributed by atoms with van der Waals surface area (Å²) >= 11 is 0. The van der Waals surface area contributed by atoms with Crippen molar-refractivity contribution < 1.29 is 19.1 Å². The molecule has 1 N–H and O–H groups in total. The van der Waals surface area contributed by atoms with Crippen LogP contribution in [0.5, 0.6) is 5.75 Å². The molecule has 0 radical (unpaired) electrons. The molecule has 35 heavy (non-hydrogen) atoms. The molecule has 1 heterocycles. The first-order valence-corrected chi connectivity index (χ1v) is 12.2. The molecule has 4 rings (SSSR count). The Bertz CT molecular complexity index is 1160. The zero-order valence-electron chi connectivity index (χ0n) is 21.2. The number of dihydropyridines is 1. The largest absolute Gasteiger partial charge is 0.497 e. The van der Waals surface area contributed by atoms with E-state index in [1.807, 2.05) is 43.3 Å². The summed E-state index contributed by atoms with van der Waals surface area (Å²) in [4.78, 5) is 28.8. The van der Waals surface area contributed by atoms with E-state index < -0.39 is 11.9 Å². The number of allylic oxidation sites excluding steroid dienone is 3. The second-order valence-corrected chi connectivity index (χ2v) is 9.05. The molecule has 1 aliphatic carbocycles. The zero-order chi connectivity index (χ0) is 25.1. The van der Waals surface area contributed by atoms with Crippen molar-refractivity contribution in [2.45, 2.75) is 45.4 Å². The molecular formula is C29H34N2O4. The van der Waals surface area contributed by atoms with E-state index in [9.17, 15) is 9.59 Å². The van der Waals surface area contributed by atoms with Gasteiger partial charge in [0, 0.05) is 48.1 Å². The van der Waals surface area contributed by atoms with Crippen LogP contribution < -0.4 is 15.0 Å². The maximum Gasteiger partial charge on any atom is 0.336 e. The van der Waals surface area contributed by atoms with Crippen LogP contribution in [0.15, 0.2) is 71.1 Å². The van der Waals surface area contributed by atoms with Gasteiger partial charge >= 0.3 is 5.97 Å². The summed E-state index contributed by atoms with van der Waals surface area (Å²) in [6.45, 7) is 7.96. The SMILES string of the molecule is CCN(CC)c1ccc([C@@H]2C(C(=O)OC)=C(C)NC3=C2C(=O)C[C@@H](c2ccc(OC)cc2)C3)cc1. The first-order valence-electron chi connectivity index (χ1n) is 12.2. The van der Waals surface area contributed by atoms with Crippen molar-refractivity contribution in [3.05, 3.63) is 82.2 Å². The third-order valence-corrected chi connectivity index (χ3v) is 7.18. The van der Waals surface area contributed by atoms with E-state index in [0.29, 0.717) is 24.0 Å². The molecule has 0 saturated heterocycles. The van der Waals surface area contributed by atoms with Gasteiger partial charge in [-0.15, -0.1) is 0 Å². The van der Waals surface area contributed by atoms with E-state index in [2.05, 4.69) is 36.2 Å². The first kappa shape index (κ1) is 24.6. The third-order valence-electron chi connectivity index (χ3n) is 7.18. The van der Waals surface area contributed by atoms with Gasteiger partial charge in [-0.25, -0.2) is 4.79 Å². The number of hydrogen-bond acceptors (Lipinski definition) is 6. The Morgan fingerprint density at radius 3 is 2.17 bits per heavy atom. The topological polar surface area (TPSA) is 67.9 Å². The summed E-state index contributed by atoms with van der Waals surface area (Å²) < 4.78 is 10.4. The highest BCUT2D eigenvalue weighted by Gasteiger charge is 2.41. The standard InChI is InChI=1S/C29H34N2O4/c1-6-31(7-2)22-12-8-20(9-13-22)27-26(29(33)35-5)18(3)30-24-16-21(17-25(32)28(24)27)19-10-14-23(34-4)15-11-19/h8-15,21,27,30H,6-7,16-17H2,1-5H3/t21-,27+/m0/s1. The molecule has 0 saturated carbocycles. The normalized spacial score (nSPS) is 19.7. The minimum absolute atomic E-state index is 0.0614. The minimum Gasteiger partial charge on any atom is -0.497 e. The molecule has 2 aliphatic rings. The Morgan fingerprint density at radius 1 is 0.971 bits per heavy atom. The molecule has 1 aliphatic heterocycles. The Morgan fingerprint density at radius 2 is 1.60 bits per heavy atom. The predicted molar refractivity (Wildman–Crippen MR) is 138 cm³/mol. The van der Waals surface area contributed by atoms with Gasteiger partial charge in [0.2, 0.25) is 0 Å². The van der Waals surface area contributed by atoms with E-state index in [1.54, 1.807) is 7.11 Å². The van der Waals surface area contributed by atoms with Crippen LogP contribution >= 0.6 is 0 Å². The number of rotatable bonds is 7. The predicted octanol–water partition coefficient (Wildman–Crippen LogP) is 5.08. The highest BCUT2D eigenvalue weighted by Crippen LogP contribution is 2.46. The van der Waals surface area contributed by atoms with Gasteiger partial charge in [-0.3, -0.25) is 4.79 Å². The molecule has 2 atom stereocenters. The monoisotopic (exact) mass is 474 g/mol. The maximum absolute atomic E-state index is 13.6. The molecule has 184 valence electrons. The van der Waals surface area contributed by atoms with E-state index >= 15 is 0 Å². The smallest absolute Gasteiger partial charge is 0.336 e. The fourth-order valence-corrected chi connectivity index (χ4v) is 5.33. The number of carbonyl (C=O) groups is 2. The van der Waals surface area contributed by atoms with Gasteiger partial charge in [0.1, 0.15) is 5.75 Å². The lowest BCUT2D eigenvalue weighted by Crippen LogP contribution is -2.36. The van der Waals surface area contributed by atoms with Crippen molar-refractivity contribution in [2.24, 2.45) is 0 Å². The molecule has 0 unspecified atom stereocenters. The number of nitrogens with one attached hydrogen (secondary N) is 1. The second-order valence-electron chi connectivity index (χ2n) is 9.05. The van der Waals surface area contributed by atoms with Crippen LogP contribution in [0, 0.1) is 0 Å². The van der Waals surface area contributed by atoms with E-state index in [4.69, 9.17) is 9.47 Å². The molecule has 2 aromatic rings. The quantitative estimate of drug-likeness (QED) is 0.565. The Labute approximate surface area is 207 Å². The molecule has 6 nitrogen and oxygen atoms in total. The van der Waals surface area contributed by atoms with Crippen molar-refractivity contribution in [1.82, 2.24) is 5.32 Å². The van der Waals surface area contributed by atoms with Crippen LogP contribution in [0.25, 0.3) is 0 Å². The third kappa shape index (κ3) is 4.70. The van der Waals surface area contributed by atoms with E-state index in [0.717, 1.165) is 47.0 Å². The lowest BCUT2D eigenvalue weighted by Gasteiger charge is -2.36. The number of ether oxygens (including phenoxy) is 2. The first-order chi connectivity index (χ1) is 16.9. The van der Waals surface area contributed by atoms with Crippen molar-refractivity contribution in [3.8, 4) is 5.75 Å². The number of methoxy groups -OCH3 is 2. The molecule has 0 spiro atoms. The van der Waals surface area contributed by atoms with E-state index in [-0.39, 0.29) is 11.7 Å². The Hall–Kier alpha value is -3.54. The summed E-state index contributed by atoms with van der Waals surface area (Å²) in [6.07, 6.45) is 1.10. The number of esters is 1. The fourth-order valence-electron chi connectivity index (χ4n) is 5.33. The fraction of sp³-hybridized carbons (Fsp3) is 0.379. The molecule has 6 heteroatoms. The van der Waals surface area contributed by atoms with Gasteiger partial charge in [0.05, 0.1) is 19.8 Å². The summed E-state index contributed by atoms with van der Waals surface area (Å²) in [5, 5.41) is 3.39. The maximum atomic E-state index is 13.6. The Balaban J connectivity index is 1.74. The lowest BCUT2D eigenvalue weighted by molar-refractivity contribution is -0.136. The molecule has 0 fully saturated rings. The number of nitrogens with zero attached hydrogens (tertiary/aromatic N) is 1. The molecule has 0 aromatic heterocycles. The number of benzene rings is 2. The number of anilines is 1. The molecule has 2 aromatic carbocycles. The van der Waals surface area contributed by atoms with Crippen LogP contribution in [0.3, 0.4) is 0 Å². The summed E-state index contributed by atoms with van der Waals surface area (Å²) in [7, 11) is 3.03. The summed E-state index contributed by atoms with van der Waals surface area (Å²) in [6, 6.07) is 16.1. The molecule has 0 bridgehead atoms. The van der Waals surface area contributed by atoms with Crippen LogP contribution in [0.1, 0.15) is 56.6 Å². The van der Waals surface area contributed by atoms with Gasteiger partial charge in [0.15, 0.2) is 5.78 Å². The van der Waals surface area contributed by atoms with Crippen LogP contribution in [-0.2, 0) is 14.3 Å². The van der Waals surface area contributed by atoms with Gasteiger partial charge in [-0.05, 0) is 68.5 Å². The van der Waals surface area contributed by atoms with Crippen molar-refractivity contribution in [3.63, 3.8) is 0 Å². The highest BCUT2D eigenvalue weighted by atomic mass is 16.5. The van der Waals surface area contributed by atoms with Crippen molar-refractivity contribution in [1.29, 1.82) is 0 Å². The molecular weight excluding hydrogens is 440 g/mol. The van der Waals surface area contributed by atoms with Crippen molar-refractivity contribution in [2.75, 3.05) is 32.2 Å². The second kappa shape index (κ2) is 10.4. The van der Waals surface area contributed by atoms with E-state index in [1.165, 1.54) is 7.11 Å². The van der Waals surface area contributed by atoms with Crippen LogP contribution in [0.4, 0.5) is 5.69 Å². The number of hydrogen-bond donors (Lipinski definition) is 1. The number of carbonyl (C=O) groups excluding carboxylic acids is 2. The lowest BCUT2D eigenvalue weighted by atomic mass is 9.71. The number of Topliss-reactive ketones (excluding diaryl/α,β-unsaturated/α-hetero) is 1. The highest BCUT2D eigenvalue weighted by molar-refractivity contribution is 6.04. The van der Waals surface area contributed by atoms with Gasteiger partial charge in [-0.2, -0.15) is 0 Å². The van der Waals surface area contributed by atoms with Crippen molar-refractivity contribution >= 4 is 17.4 Å². The van der Waals surface area contributed by atoms with Crippen LogP contribution in [0.2, 0.25) is 0 Å². The van der Waals surface area contributed by atoms with Gasteiger partial charge < -0.3 is 19.7 Å². The van der Waals surface area contributed by atoms with Crippen LogP contribution in [-0.4, -0.2) is 39.1 Å². The average molecular weight is 475 g/mol. The minimum atomic E-state index is -0.450. The molecule has 0 amide bonds. The number of ketones is 1.